The van der Waals surface area contributed by atoms with Gasteiger partial charge in [0, 0.05) is 28.0 Å². The molecule has 0 spiro atoms. The molecule has 0 aliphatic carbocycles. The van der Waals surface area contributed by atoms with E-state index in [1.807, 2.05) is 0 Å². The molecule has 5 aromatic rings. The number of alkyl halides is 3. The molecule has 0 aliphatic rings. The van der Waals surface area contributed by atoms with Crippen LogP contribution in [0, 0.1) is 36.0 Å². The molecule has 2 heterocycles. The monoisotopic (exact) mass is 522 g/mol. The number of aromatic nitrogens is 2. The normalized spacial score (nSPS) is 12.0. The fourth-order valence-corrected chi connectivity index (χ4v) is 4.36. The largest absolute Gasteiger partial charge is 0.573 e. The van der Waals surface area contributed by atoms with Crippen molar-refractivity contribution < 1.29 is 39.9 Å². The molecule has 11 heteroatoms. The minimum Gasteiger partial charge on any atom is -0.406 e. The van der Waals surface area contributed by atoms with Gasteiger partial charge in [-0.25, -0.2) is 22.0 Å². The summed E-state index contributed by atoms with van der Waals surface area (Å²) >= 11 is 0. The number of nitrogens with zero attached hydrogens (tertiary/aromatic N) is 2. The summed E-state index contributed by atoms with van der Waals surface area (Å²) in [5.41, 5.74) is 1.47. The van der Waals surface area contributed by atoms with E-state index in [-0.39, 0.29) is 0 Å². The van der Waals surface area contributed by atoms with Crippen molar-refractivity contribution in [2.24, 2.45) is 0 Å². The second-order valence-corrected chi connectivity index (χ2v) is 8.23. The standard InChI is InChI=1S/C26H14F8N2O/c1-12-25-16(8-9-35-12)17-10-14(13-2-5-15(6-3-13)37-26(32,33)34)4-7-19(17)36(25)11-18-20(27)22(29)24(31)23(30)21(18)28/h2-10H,11H2,1H3. The number of hydrogen-bond acceptors (Lipinski definition) is 2. The van der Waals surface area contributed by atoms with Crippen molar-refractivity contribution in [2.45, 2.75) is 19.8 Å². The molecule has 0 bridgehead atoms. The van der Waals surface area contributed by atoms with Crippen LogP contribution in [-0.2, 0) is 6.54 Å². The van der Waals surface area contributed by atoms with E-state index in [4.69, 9.17) is 0 Å². The van der Waals surface area contributed by atoms with Crippen molar-refractivity contribution >= 4 is 21.8 Å². The third-order valence-electron chi connectivity index (χ3n) is 5.99. The Hall–Kier alpha value is -4.15. The minimum absolute atomic E-state index is 0.390. The van der Waals surface area contributed by atoms with Gasteiger partial charge >= 0.3 is 6.36 Å². The average molecular weight is 522 g/mol. The zero-order chi connectivity index (χ0) is 26.6. The van der Waals surface area contributed by atoms with Crippen LogP contribution in [0.1, 0.15) is 11.3 Å². The van der Waals surface area contributed by atoms with Gasteiger partial charge in [-0.2, -0.15) is 0 Å². The lowest BCUT2D eigenvalue weighted by molar-refractivity contribution is -0.274. The highest BCUT2D eigenvalue weighted by atomic mass is 19.4. The van der Waals surface area contributed by atoms with E-state index in [1.54, 1.807) is 31.2 Å². The highest BCUT2D eigenvalue weighted by Crippen LogP contribution is 2.36. The number of rotatable bonds is 4. The molecular weight excluding hydrogens is 508 g/mol. The number of halogens is 8. The Balaban J connectivity index is 1.66. The van der Waals surface area contributed by atoms with Gasteiger partial charge in [0.05, 0.1) is 17.8 Å². The summed E-state index contributed by atoms with van der Waals surface area (Å²) in [4.78, 5) is 4.20. The molecule has 0 aliphatic heterocycles. The van der Waals surface area contributed by atoms with E-state index in [0.717, 1.165) is 12.1 Å². The van der Waals surface area contributed by atoms with Crippen molar-refractivity contribution in [2.75, 3.05) is 0 Å². The predicted molar refractivity (Wildman–Crippen MR) is 119 cm³/mol. The second-order valence-electron chi connectivity index (χ2n) is 8.23. The van der Waals surface area contributed by atoms with Gasteiger partial charge in [-0.15, -0.1) is 13.2 Å². The van der Waals surface area contributed by atoms with Gasteiger partial charge in [0.15, 0.2) is 23.3 Å². The van der Waals surface area contributed by atoms with E-state index in [0.29, 0.717) is 38.6 Å². The molecule has 0 saturated carbocycles. The Labute approximate surface area is 203 Å². The van der Waals surface area contributed by atoms with Gasteiger partial charge in [-0.1, -0.05) is 18.2 Å². The number of pyridine rings is 1. The Bertz CT molecular complexity index is 1640. The van der Waals surface area contributed by atoms with Crippen LogP contribution in [0.5, 0.6) is 5.75 Å². The quantitative estimate of drug-likeness (QED) is 0.137. The maximum absolute atomic E-state index is 14.5. The second kappa shape index (κ2) is 8.75. The zero-order valence-corrected chi connectivity index (χ0v) is 18.7. The number of fused-ring (bicyclic) bond motifs is 3. The highest BCUT2D eigenvalue weighted by molar-refractivity contribution is 6.10. The Morgan fingerprint density at radius 3 is 1.97 bits per heavy atom. The van der Waals surface area contributed by atoms with Crippen molar-refractivity contribution in [3.63, 3.8) is 0 Å². The third kappa shape index (κ3) is 4.24. The molecule has 3 nitrogen and oxygen atoms in total. The summed E-state index contributed by atoms with van der Waals surface area (Å²) in [5.74, 6) is -10.6. The average Bonchev–Trinajstić information content (AvgIpc) is 3.17. The van der Waals surface area contributed by atoms with Crippen LogP contribution in [0.3, 0.4) is 0 Å². The van der Waals surface area contributed by atoms with Gasteiger partial charge in [0.25, 0.3) is 0 Å². The maximum atomic E-state index is 14.5. The summed E-state index contributed by atoms with van der Waals surface area (Å²) in [6.45, 7) is 0.970. The number of hydrogen-bond donors (Lipinski definition) is 0. The first-order valence-corrected chi connectivity index (χ1v) is 10.7. The van der Waals surface area contributed by atoms with Crippen molar-refractivity contribution in [1.82, 2.24) is 9.55 Å². The van der Waals surface area contributed by atoms with Crippen LogP contribution >= 0.6 is 0 Å². The molecule has 2 aromatic heterocycles. The van der Waals surface area contributed by atoms with E-state index in [2.05, 4.69) is 9.72 Å². The SMILES string of the molecule is Cc1nccc2c3cc(-c4ccc(OC(F)(F)F)cc4)ccc3n(Cc3c(F)c(F)c(F)c(F)c3F)c12. The fraction of sp³-hybridized carbons (Fsp3) is 0.115. The van der Waals surface area contributed by atoms with Crippen LogP contribution in [0.15, 0.2) is 54.7 Å². The first kappa shape index (κ1) is 24.5. The summed E-state index contributed by atoms with van der Waals surface area (Å²) in [6.07, 6.45) is -3.32. The van der Waals surface area contributed by atoms with E-state index >= 15 is 0 Å². The maximum Gasteiger partial charge on any atom is 0.573 e. The first-order valence-electron chi connectivity index (χ1n) is 10.7. The molecule has 3 aromatic carbocycles. The smallest absolute Gasteiger partial charge is 0.406 e. The Morgan fingerprint density at radius 2 is 1.35 bits per heavy atom. The molecule has 5 rings (SSSR count). The fourth-order valence-electron chi connectivity index (χ4n) is 4.36. The molecule has 0 unspecified atom stereocenters. The van der Waals surface area contributed by atoms with Crippen LogP contribution in [-0.4, -0.2) is 15.9 Å². The predicted octanol–water partition coefficient (Wildman–Crippen LogP) is 7.81. The molecule has 37 heavy (non-hydrogen) atoms. The van der Waals surface area contributed by atoms with Crippen LogP contribution < -0.4 is 4.74 Å². The summed E-state index contributed by atoms with van der Waals surface area (Å²) in [7, 11) is 0. The topological polar surface area (TPSA) is 27.1 Å². The first-order chi connectivity index (χ1) is 17.5. The summed E-state index contributed by atoms with van der Waals surface area (Å²) in [5, 5.41) is 1.18. The van der Waals surface area contributed by atoms with E-state index in [1.165, 1.54) is 22.9 Å². The molecule has 0 fully saturated rings. The number of ether oxygens (including phenoxy) is 1. The summed E-state index contributed by atoms with van der Waals surface area (Å²) < 4.78 is 113. The number of benzene rings is 3. The lowest BCUT2D eigenvalue weighted by atomic mass is 10.0. The van der Waals surface area contributed by atoms with E-state index < -0.39 is 53.3 Å². The summed E-state index contributed by atoms with van der Waals surface area (Å²) in [6, 6.07) is 11.8. The van der Waals surface area contributed by atoms with Gasteiger partial charge in [-0.05, 0) is 48.4 Å². The van der Waals surface area contributed by atoms with Crippen LogP contribution in [0.4, 0.5) is 35.1 Å². The molecule has 0 amide bonds. The Kier molecular flexibility index (Phi) is 5.81. The van der Waals surface area contributed by atoms with Crippen LogP contribution in [0.2, 0.25) is 0 Å². The molecule has 0 N–H and O–H groups in total. The van der Waals surface area contributed by atoms with Crippen LogP contribution in [0.25, 0.3) is 32.9 Å². The van der Waals surface area contributed by atoms with Crippen molar-refractivity contribution in [3.8, 4) is 16.9 Å². The Morgan fingerprint density at radius 1 is 0.757 bits per heavy atom. The van der Waals surface area contributed by atoms with Gasteiger partial charge < -0.3 is 9.30 Å². The minimum atomic E-state index is -4.83. The van der Waals surface area contributed by atoms with Crippen molar-refractivity contribution in [3.05, 3.63) is 95.1 Å². The number of aryl methyl sites for hydroxylation is 1. The lowest BCUT2D eigenvalue weighted by Crippen LogP contribution is -2.16. The third-order valence-corrected chi connectivity index (χ3v) is 5.99. The highest BCUT2D eigenvalue weighted by Gasteiger charge is 2.31. The molecule has 190 valence electrons. The van der Waals surface area contributed by atoms with E-state index in [9.17, 15) is 35.1 Å². The molecule has 0 atom stereocenters. The molecule has 0 saturated heterocycles. The van der Waals surface area contributed by atoms with Gasteiger partial charge in [0.2, 0.25) is 5.82 Å². The molecule has 0 radical (unpaired) electrons. The van der Waals surface area contributed by atoms with Gasteiger partial charge in [0.1, 0.15) is 5.75 Å². The van der Waals surface area contributed by atoms with Gasteiger partial charge in [-0.3, -0.25) is 4.98 Å². The van der Waals surface area contributed by atoms with Crippen molar-refractivity contribution in [1.29, 1.82) is 0 Å². The molecular formula is C26H14F8N2O. The lowest BCUT2D eigenvalue weighted by Gasteiger charge is -2.12. The zero-order valence-electron chi connectivity index (χ0n) is 18.7.